The quantitative estimate of drug-likeness (QED) is 0.600. The Bertz CT molecular complexity index is 494. The third-order valence-corrected chi connectivity index (χ3v) is 3.07. The molecular weight excluding hydrogens is 250 g/mol. The fraction of sp³-hybridized carbons (Fsp3) is 0.462. The Kier molecular flexibility index (Phi) is 4.11. The molecule has 0 N–H and O–H groups in total. The van der Waals surface area contributed by atoms with Gasteiger partial charge in [-0.3, -0.25) is 14.9 Å². The summed E-state index contributed by atoms with van der Waals surface area (Å²) in [7, 11) is 0. The Balaban J connectivity index is 2.04. The lowest BCUT2D eigenvalue weighted by Crippen LogP contribution is -2.21. The maximum Gasteiger partial charge on any atom is 0.310 e. The van der Waals surface area contributed by atoms with Crippen molar-refractivity contribution in [2.24, 2.45) is 5.92 Å². The van der Waals surface area contributed by atoms with E-state index in [9.17, 15) is 14.9 Å². The van der Waals surface area contributed by atoms with Crippen molar-refractivity contribution in [1.29, 1.82) is 0 Å². The predicted molar refractivity (Wildman–Crippen MR) is 67.3 cm³/mol. The second kappa shape index (κ2) is 5.79. The van der Waals surface area contributed by atoms with Crippen LogP contribution in [0.1, 0.15) is 12.0 Å². The molecule has 1 atom stereocenters. The number of ether oxygens (including phenoxy) is 2. The van der Waals surface area contributed by atoms with Gasteiger partial charge >= 0.3 is 5.69 Å². The van der Waals surface area contributed by atoms with Gasteiger partial charge in [0.05, 0.1) is 11.5 Å². The molecule has 0 radical (unpaired) electrons. The van der Waals surface area contributed by atoms with Crippen molar-refractivity contribution < 1.29 is 19.2 Å². The van der Waals surface area contributed by atoms with Gasteiger partial charge in [0.25, 0.3) is 0 Å². The van der Waals surface area contributed by atoms with Gasteiger partial charge in [-0.25, -0.2) is 0 Å². The number of ketones is 1. The molecule has 0 spiro atoms. The Morgan fingerprint density at radius 2 is 2.37 bits per heavy atom. The third-order valence-electron chi connectivity index (χ3n) is 3.07. The number of hydrogen-bond donors (Lipinski definition) is 0. The fourth-order valence-corrected chi connectivity index (χ4v) is 1.94. The van der Waals surface area contributed by atoms with Crippen LogP contribution in [-0.2, 0) is 9.53 Å². The van der Waals surface area contributed by atoms with E-state index >= 15 is 0 Å². The van der Waals surface area contributed by atoms with Crippen molar-refractivity contribution in [1.82, 2.24) is 0 Å². The van der Waals surface area contributed by atoms with Crippen molar-refractivity contribution >= 4 is 11.5 Å². The summed E-state index contributed by atoms with van der Waals surface area (Å²) in [5.41, 5.74) is 0.721. The van der Waals surface area contributed by atoms with Gasteiger partial charge < -0.3 is 9.47 Å². The Morgan fingerprint density at radius 1 is 1.58 bits per heavy atom. The highest BCUT2D eigenvalue weighted by atomic mass is 16.6. The minimum atomic E-state index is -0.516. The minimum absolute atomic E-state index is 0.0756. The lowest BCUT2D eigenvalue weighted by molar-refractivity contribution is -0.385. The maximum absolute atomic E-state index is 11.8. The van der Waals surface area contributed by atoms with Crippen LogP contribution in [0.5, 0.6) is 5.75 Å². The second-order valence-electron chi connectivity index (χ2n) is 4.54. The van der Waals surface area contributed by atoms with E-state index in [2.05, 4.69) is 0 Å². The van der Waals surface area contributed by atoms with E-state index < -0.39 is 4.92 Å². The number of rotatable bonds is 5. The van der Waals surface area contributed by atoms with E-state index in [0.717, 1.165) is 5.56 Å². The van der Waals surface area contributed by atoms with Gasteiger partial charge in [0.2, 0.25) is 0 Å². The van der Waals surface area contributed by atoms with Crippen molar-refractivity contribution in [2.75, 3.05) is 19.8 Å². The highest BCUT2D eigenvalue weighted by Crippen LogP contribution is 2.28. The first-order valence-corrected chi connectivity index (χ1v) is 6.06. The molecule has 1 saturated heterocycles. The molecule has 2 rings (SSSR count). The topological polar surface area (TPSA) is 78.7 Å². The van der Waals surface area contributed by atoms with E-state index in [1.54, 1.807) is 12.1 Å². The first-order valence-electron chi connectivity index (χ1n) is 6.06. The zero-order chi connectivity index (χ0) is 13.8. The molecule has 19 heavy (non-hydrogen) atoms. The Morgan fingerprint density at radius 3 is 3.00 bits per heavy atom. The average molecular weight is 265 g/mol. The molecule has 1 aliphatic rings. The highest BCUT2D eigenvalue weighted by Gasteiger charge is 2.24. The maximum atomic E-state index is 11.8. The Hall–Kier alpha value is -1.95. The molecule has 1 aliphatic heterocycles. The first kappa shape index (κ1) is 13.5. The van der Waals surface area contributed by atoms with Gasteiger partial charge in [0.15, 0.2) is 11.5 Å². The molecule has 0 saturated carbocycles. The monoisotopic (exact) mass is 265 g/mol. The second-order valence-corrected chi connectivity index (χ2v) is 4.54. The van der Waals surface area contributed by atoms with Gasteiger partial charge in [-0.1, -0.05) is 6.07 Å². The molecule has 1 aromatic carbocycles. The molecule has 1 fully saturated rings. The van der Waals surface area contributed by atoms with Crippen molar-refractivity contribution in [2.45, 2.75) is 13.3 Å². The van der Waals surface area contributed by atoms with Crippen LogP contribution < -0.4 is 4.74 Å². The van der Waals surface area contributed by atoms with Crippen LogP contribution in [-0.4, -0.2) is 30.5 Å². The zero-order valence-electron chi connectivity index (χ0n) is 10.6. The van der Waals surface area contributed by atoms with Crippen LogP contribution in [0.15, 0.2) is 18.2 Å². The number of hydrogen-bond acceptors (Lipinski definition) is 5. The molecule has 6 heteroatoms. The molecule has 6 nitrogen and oxygen atoms in total. The SMILES string of the molecule is Cc1ccc([N+](=O)[O-])c(OCC(=O)C2CCOC2)c1. The number of Topliss-reactive ketones (excluding diaryl/α,β-unsaturated/α-hetero) is 1. The molecule has 0 aromatic heterocycles. The Labute approximate surface area is 110 Å². The van der Waals surface area contributed by atoms with E-state index in [-0.39, 0.29) is 29.7 Å². The molecule has 1 heterocycles. The number of nitro groups is 1. The van der Waals surface area contributed by atoms with Crippen molar-refractivity contribution in [3.63, 3.8) is 0 Å². The predicted octanol–water partition coefficient (Wildman–Crippen LogP) is 1.89. The van der Waals surface area contributed by atoms with Gasteiger partial charge in [0.1, 0.15) is 6.61 Å². The first-order chi connectivity index (χ1) is 9.08. The summed E-state index contributed by atoms with van der Waals surface area (Å²) in [6.07, 6.45) is 0.693. The van der Waals surface area contributed by atoms with E-state index in [1.165, 1.54) is 6.07 Å². The summed E-state index contributed by atoms with van der Waals surface area (Å²) in [6, 6.07) is 4.59. The van der Waals surface area contributed by atoms with E-state index in [1.807, 2.05) is 6.92 Å². The summed E-state index contributed by atoms with van der Waals surface area (Å²) >= 11 is 0. The minimum Gasteiger partial charge on any atom is -0.479 e. The smallest absolute Gasteiger partial charge is 0.310 e. The molecule has 1 unspecified atom stereocenters. The summed E-state index contributed by atoms with van der Waals surface area (Å²) < 4.78 is 10.4. The van der Waals surface area contributed by atoms with Gasteiger partial charge in [-0.15, -0.1) is 0 Å². The molecule has 0 amide bonds. The van der Waals surface area contributed by atoms with E-state index in [4.69, 9.17) is 9.47 Å². The number of nitrogens with zero attached hydrogens (tertiary/aromatic N) is 1. The van der Waals surface area contributed by atoms with Crippen LogP contribution >= 0.6 is 0 Å². The fourth-order valence-electron chi connectivity index (χ4n) is 1.94. The summed E-state index contributed by atoms with van der Waals surface area (Å²) in [4.78, 5) is 22.1. The number of benzene rings is 1. The summed E-state index contributed by atoms with van der Waals surface area (Å²) in [5, 5.41) is 10.9. The largest absolute Gasteiger partial charge is 0.479 e. The lowest BCUT2D eigenvalue weighted by Gasteiger charge is -2.09. The van der Waals surface area contributed by atoms with Crippen LogP contribution in [0.25, 0.3) is 0 Å². The van der Waals surface area contributed by atoms with Crippen molar-refractivity contribution in [3.05, 3.63) is 33.9 Å². The normalized spacial score (nSPS) is 18.3. The van der Waals surface area contributed by atoms with Crippen molar-refractivity contribution in [3.8, 4) is 5.75 Å². The highest BCUT2D eigenvalue weighted by molar-refractivity contribution is 5.83. The molecular formula is C13H15NO5. The van der Waals surface area contributed by atoms with Gasteiger partial charge in [0, 0.05) is 18.6 Å². The third kappa shape index (κ3) is 3.29. The molecule has 0 aliphatic carbocycles. The van der Waals surface area contributed by atoms with Crippen LogP contribution in [0.4, 0.5) is 5.69 Å². The number of aryl methyl sites for hydroxylation is 1. The van der Waals surface area contributed by atoms with E-state index in [0.29, 0.717) is 19.6 Å². The molecule has 102 valence electrons. The number of carbonyl (C=O) groups excluding carboxylic acids is 1. The average Bonchev–Trinajstić information content (AvgIpc) is 2.89. The van der Waals surface area contributed by atoms with Gasteiger partial charge in [-0.2, -0.15) is 0 Å². The van der Waals surface area contributed by atoms with Crippen LogP contribution in [0.2, 0.25) is 0 Å². The summed E-state index contributed by atoms with van der Waals surface area (Å²) in [6.45, 7) is 2.65. The van der Waals surface area contributed by atoms with Gasteiger partial charge in [-0.05, 0) is 25.0 Å². The number of nitro benzene ring substituents is 1. The molecule has 0 bridgehead atoms. The zero-order valence-corrected chi connectivity index (χ0v) is 10.6. The molecule has 1 aromatic rings. The van der Waals surface area contributed by atoms with Crippen LogP contribution in [0.3, 0.4) is 0 Å². The standard InChI is InChI=1S/C13H15NO5/c1-9-2-3-11(14(16)17)13(6-9)19-8-12(15)10-4-5-18-7-10/h2-3,6,10H,4-5,7-8H2,1H3. The summed E-state index contributed by atoms with van der Waals surface area (Å²) in [5.74, 6) is -0.0885. The number of carbonyl (C=O) groups is 1. The lowest BCUT2D eigenvalue weighted by atomic mass is 10.0. The van der Waals surface area contributed by atoms with Crippen LogP contribution in [0, 0.1) is 23.0 Å².